The molecule has 0 atom stereocenters. The molecule has 0 spiro atoms. The lowest BCUT2D eigenvalue weighted by atomic mass is 9.74. The number of carbonyl (C=O) groups excluding carboxylic acids is 1. The standard InChI is InChI=1S/C12H18N2OS/c1-8-9(2)16-11(14-8)6-10(15)7-12(13)4-3-5-12/h3-7,13H2,1-2H3. The molecule has 88 valence electrons. The Bertz CT molecular complexity index is 388. The van der Waals surface area contributed by atoms with E-state index in [2.05, 4.69) is 4.98 Å². The number of hydrogen-bond acceptors (Lipinski definition) is 4. The number of nitrogens with zero attached hydrogens (tertiary/aromatic N) is 1. The molecule has 0 aliphatic heterocycles. The predicted octanol–water partition coefficient (Wildman–Crippen LogP) is 2.14. The molecule has 4 heteroatoms. The van der Waals surface area contributed by atoms with Gasteiger partial charge in [-0.3, -0.25) is 4.79 Å². The second-order valence-corrected chi connectivity index (χ2v) is 6.15. The number of aryl methyl sites for hydroxylation is 2. The Kier molecular flexibility index (Phi) is 3.13. The second kappa shape index (κ2) is 4.26. The van der Waals surface area contributed by atoms with Gasteiger partial charge in [-0.05, 0) is 33.1 Å². The van der Waals surface area contributed by atoms with Gasteiger partial charge in [-0.2, -0.15) is 0 Å². The highest BCUT2D eigenvalue weighted by Crippen LogP contribution is 2.32. The third-order valence-electron chi connectivity index (χ3n) is 3.32. The van der Waals surface area contributed by atoms with Crippen LogP contribution in [-0.2, 0) is 11.2 Å². The van der Waals surface area contributed by atoms with Crippen LogP contribution >= 0.6 is 11.3 Å². The summed E-state index contributed by atoms with van der Waals surface area (Å²) in [7, 11) is 0. The van der Waals surface area contributed by atoms with E-state index in [1.54, 1.807) is 11.3 Å². The highest BCUT2D eigenvalue weighted by atomic mass is 32.1. The molecule has 1 aromatic rings. The Morgan fingerprint density at radius 1 is 1.50 bits per heavy atom. The van der Waals surface area contributed by atoms with Crippen molar-refractivity contribution >= 4 is 17.1 Å². The summed E-state index contributed by atoms with van der Waals surface area (Å²) in [5.74, 6) is 0.232. The summed E-state index contributed by atoms with van der Waals surface area (Å²) in [6.07, 6.45) is 4.13. The number of nitrogens with two attached hydrogens (primary N) is 1. The number of Topliss-reactive ketones (excluding diaryl/α,β-unsaturated/α-hetero) is 1. The van der Waals surface area contributed by atoms with Crippen molar-refractivity contribution in [3.8, 4) is 0 Å². The van der Waals surface area contributed by atoms with Gasteiger partial charge in [0.15, 0.2) is 0 Å². The van der Waals surface area contributed by atoms with Gasteiger partial charge in [0.25, 0.3) is 0 Å². The van der Waals surface area contributed by atoms with E-state index in [0.717, 1.165) is 23.5 Å². The highest BCUT2D eigenvalue weighted by Gasteiger charge is 2.34. The molecule has 1 aliphatic carbocycles. The normalized spacial score (nSPS) is 18.2. The Balaban J connectivity index is 1.92. The zero-order valence-electron chi connectivity index (χ0n) is 9.88. The smallest absolute Gasteiger partial charge is 0.141 e. The largest absolute Gasteiger partial charge is 0.325 e. The fraction of sp³-hybridized carbons (Fsp3) is 0.667. The first kappa shape index (κ1) is 11.7. The summed E-state index contributed by atoms with van der Waals surface area (Å²) in [6, 6.07) is 0. The Morgan fingerprint density at radius 3 is 2.62 bits per heavy atom. The van der Waals surface area contributed by atoms with E-state index in [1.165, 1.54) is 11.3 Å². The van der Waals surface area contributed by atoms with Gasteiger partial charge in [0, 0.05) is 16.8 Å². The first-order valence-electron chi connectivity index (χ1n) is 5.72. The molecule has 0 bridgehead atoms. The van der Waals surface area contributed by atoms with Crippen molar-refractivity contribution in [3.05, 3.63) is 15.6 Å². The monoisotopic (exact) mass is 238 g/mol. The van der Waals surface area contributed by atoms with Crippen molar-refractivity contribution in [2.75, 3.05) is 0 Å². The lowest BCUT2D eigenvalue weighted by Gasteiger charge is -2.37. The third-order valence-corrected chi connectivity index (χ3v) is 4.39. The molecule has 1 saturated carbocycles. The van der Waals surface area contributed by atoms with Crippen LogP contribution < -0.4 is 5.73 Å². The van der Waals surface area contributed by atoms with E-state index < -0.39 is 0 Å². The predicted molar refractivity (Wildman–Crippen MR) is 65.7 cm³/mol. The minimum atomic E-state index is -0.196. The van der Waals surface area contributed by atoms with Crippen molar-refractivity contribution in [3.63, 3.8) is 0 Å². The van der Waals surface area contributed by atoms with E-state index in [-0.39, 0.29) is 11.3 Å². The van der Waals surface area contributed by atoms with Crippen molar-refractivity contribution in [1.29, 1.82) is 0 Å². The van der Waals surface area contributed by atoms with Gasteiger partial charge in [0.05, 0.1) is 12.1 Å². The summed E-state index contributed by atoms with van der Waals surface area (Å²) in [5, 5.41) is 0.933. The maximum absolute atomic E-state index is 11.8. The Labute approximate surface area is 100 Å². The molecular weight excluding hydrogens is 220 g/mol. The molecule has 1 heterocycles. The molecule has 2 N–H and O–H groups in total. The number of thiazole rings is 1. The number of carbonyl (C=O) groups is 1. The van der Waals surface area contributed by atoms with Gasteiger partial charge < -0.3 is 5.73 Å². The third kappa shape index (κ3) is 2.50. The highest BCUT2D eigenvalue weighted by molar-refractivity contribution is 7.11. The molecule has 0 aromatic carbocycles. The van der Waals surface area contributed by atoms with E-state index in [4.69, 9.17) is 5.73 Å². The van der Waals surface area contributed by atoms with Crippen molar-refractivity contribution in [2.24, 2.45) is 5.73 Å². The second-order valence-electron chi connectivity index (χ2n) is 4.86. The summed E-state index contributed by atoms with van der Waals surface area (Å²) >= 11 is 1.62. The minimum absolute atomic E-state index is 0.196. The minimum Gasteiger partial charge on any atom is -0.325 e. The van der Waals surface area contributed by atoms with E-state index >= 15 is 0 Å². The molecular formula is C12H18N2OS. The quantitative estimate of drug-likeness (QED) is 0.874. The maximum atomic E-state index is 11.8. The van der Waals surface area contributed by atoms with Crippen LogP contribution in [0.5, 0.6) is 0 Å². The Hall–Kier alpha value is -0.740. The first-order chi connectivity index (χ1) is 7.48. The van der Waals surface area contributed by atoms with Crippen LogP contribution in [0.1, 0.15) is 41.3 Å². The lowest BCUT2D eigenvalue weighted by molar-refractivity contribution is -0.120. The van der Waals surface area contributed by atoms with Gasteiger partial charge in [0.1, 0.15) is 10.8 Å². The zero-order chi connectivity index (χ0) is 11.8. The molecule has 0 saturated heterocycles. The SMILES string of the molecule is Cc1nc(CC(=O)CC2(N)CCC2)sc1C. The summed E-state index contributed by atoms with van der Waals surface area (Å²) in [6.45, 7) is 4.02. The van der Waals surface area contributed by atoms with Crippen LogP contribution in [0, 0.1) is 13.8 Å². The van der Waals surface area contributed by atoms with Crippen LogP contribution in [-0.4, -0.2) is 16.3 Å². The van der Waals surface area contributed by atoms with Gasteiger partial charge in [-0.25, -0.2) is 4.98 Å². The van der Waals surface area contributed by atoms with Gasteiger partial charge >= 0.3 is 0 Å². The van der Waals surface area contributed by atoms with Gasteiger partial charge in [-0.15, -0.1) is 11.3 Å². The molecule has 1 fully saturated rings. The topological polar surface area (TPSA) is 56.0 Å². The average molecular weight is 238 g/mol. The van der Waals surface area contributed by atoms with Crippen molar-refractivity contribution in [2.45, 2.75) is 51.5 Å². The lowest BCUT2D eigenvalue weighted by Crippen LogP contribution is -2.48. The maximum Gasteiger partial charge on any atom is 0.141 e. The molecule has 2 rings (SSSR count). The van der Waals surface area contributed by atoms with Crippen molar-refractivity contribution < 1.29 is 4.79 Å². The van der Waals surface area contributed by atoms with Crippen LogP contribution in [0.15, 0.2) is 0 Å². The average Bonchev–Trinajstić information content (AvgIpc) is 2.42. The number of hydrogen-bond donors (Lipinski definition) is 1. The number of ketones is 1. The fourth-order valence-corrected chi connectivity index (χ4v) is 3.01. The van der Waals surface area contributed by atoms with E-state index in [9.17, 15) is 4.79 Å². The molecule has 3 nitrogen and oxygen atoms in total. The first-order valence-corrected chi connectivity index (χ1v) is 6.54. The van der Waals surface area contributed by atoms with E-state index in [1.807, 2.05) is 13.8 Å². The molecule has 0 unspecified atom stereocenters. The Morgan fingerprint density at radius 2 is 2.19 bits per heavy atom. The van der Waals surface area contributed by atoms with E-state index in [0.29, 0.717) is 12.8 Å². The summed E-state index contributed by atoms with van der Waals surface area (Å²) < 4.78 is 0. The summed E-state index contributed by atoms with van der Waals surface area (Å²) in [4.78, 5) is 17.4. The molecule has 1 aliphatic rings. The zero-order valence-corrected chi connectivity index (χ0v) is 10.7. The van der Waals surface area contributed by atoms with Gasteiger partial charge in [0.2, 0.25) is 0 Å². The fourth-order valence-electron chi connectivity index (χ4n) is 2.05. The van der Waals surface area contributed by atoms with Crippen molar-refractivity contribution in [1.82, 2.24) is 4.98 Å². The molecule has 0 radical (unpaired) electrons. The number of aromatic nitrogens is 1. The molecule has 1 aromatic heterocycles. The van der Waals surface area contributed by atoms with Gasteiger partial charge in [-0.1, -0.05) is 0 Å². The molecule has 0 amide bonds. The molecule has 16 heavy (non-hydrogen) atoms. The summed E-state index contributed by atoms with van der Waals surface area (Å²) in [5.41, 5.74) is 6.90. The van der Waals surface area contributed by atoms with Crippen LogP contribution in [0.3, 0.4) is 0 Å². The van der Waals surface area contributed by atoms with Crippen LogP contribution in [0.4, 0.5) is 0 Å². The van der Waals surface area contributed by atoms with Crippen LogP contribution in [0.2, 0.25) is 0 Å². The number of rotatable bonds is 4. The van der Waals surface area contributed by atoms with Crippen LogP contribution in [0.25, 0.3) is 0 Å².